The Morgan fingerprint density at radius 1 is 1.41 bits per heavy atom. The van der Waals surface area contributed by atoms with Crippen LogP contribution in [0, 0.1) is 5.92 Å². The highest BCUT2D eigenvalue weighted by molar-refractivity contribution is 9.08. The molecule has 0 saturated carbocycles. The third kappa shape index (κ3) is 3.10. The van der Waals surface area contributed by atoms with Crippen LogP contribution < -0.4 is 0 Å². The van der Waals surface area contributed by atoms with Crippen molar-refractivity contribution < 1.29 is 4.74 Å². The standard InChI is InChI=1S/C13H21BrN2O/c1-9(2)7-12-11(8-14)13(16-15-12)10-3-5-17-6-4-10/h9-10H,3-8H2,1-2H3,(H,15,16). The predicted octanol–water partition coefficient (Wildman–Crippen LogP) is 3.40. The average Bonchev–Trinajstić information content (AvgIpc) is 2.72. The molecule has 0 aliphatic carbocycles. The van der Waals surface area contributed by atoms with E-state index in [1.807, 2.05) is 0 Å². The Morgan fingerprint density at radius 3 is 2.71 bits per heavy atom. The number of alkyl halides is 1. The third-order valence-corrected chi connectivity index (χ3v) is 3.90. The number of hydrogen-bond donors (Lipinski definition) is 1. The van der Waals surface area contributed by atoms with E-state index in [0.717, 1.165) is 37.8 Å². The topological polar surface area (TPSA) is 37.9 Å². The van der Waals surface area contributed by atoms with Crippen molar-refractivity contribution in [3.05, 3.63) is 17.0 Å². The molecule has 3 nitrogen and oxygen atoms in total. The Labute approximate surface area is 111 Å². The van der Waals surface area contributed by atoms with Crippen LogP contribution in [-0.2, 0) is 16.5 Å². The number of aromatic amines is 1. The Kier molecular flexibility index (Phi) is 4.62. The minimum absolute atomic E-state index is 0.577. The molecule has 1 N–H and O–H groups in total. The van der Waals surface area contributed by atoms with Gasteiger partial charge in [0, 0.05) is 35.7 Å². The number of halogens is 1. The highest BCUT2D eigenvalue weighted by Crippen LogP contribution is 2.31. The quantitative estimate of drug-likeness (QED) is 0.866. The first-order valence-corrected chi connectivity index (χ1v) is 7.54. The smallest absolute Gasteiger partial charge is 0.0698 e. The molecule has 17 heavy (non-hydrogen) atoms. The number of nitrogens with one attached hydrogen (secondary N) is 1. The summed E-state index contributed by atoms with van der Waals surface area (Å²) in [5, 5.41) is 8.69. The molecule has 2 rings (SSSR count). The van der Waals surface area contributed by atoms with Gasteiger partial charge in [0.05, 0.1) is 5.69 Å². The van der Waals surface area contributed by atoms with Crippen LogP contribution in [0.1, 0.15) is 49.6 Å². The first-order chi connectivity index (χ1) is 8.22. The zero-order valence-corrected chi connectivity index (χ0v) is 12.2. The van der Waals surface area contributed by atoms with Gasteiger partial charge in [0.2, 0.25) is 0 Å². The SMILES string of the molecule is CC(C)Cc1[nH]nc(C2CCOCC2)c1CBr. The molecular formula is C13H21BrN2O. The minimum Gasteiger partial charge on any atom is -0.381 e. The van der Waals surface area contributed by atoms with Gasteiger partial charge < -0.3 is 4.74 Å². The molecule has 1 aromatic rings. The number of nitrogens with zero attached hydrogens (tertiary/aromatic N) is 1. The van der Waals surface area contributed by atoms with Crippen LogP contribution in [0.2, 0.25) is 0 Å². The number of aromatic nitrogens is 2. The van der Waals surface area contributed by atoms with Crippen LogP contribution in [0.5, 0.6) is 0 Å². The summed E-state index contributed by atoms with van der Waals surface area (Å²) in [5.41, 5.74) is 3.95. The molecule has 1 aliphatic heterocycles. The van der Waals surface area contributed by atoms with Crippen molar-refractivity contribution >= 4 is 15.9 Å². The summed E-state index contributed by atoms with van der Waals surface area (Å²) in [6.45, 7) is 6.23. The maximum absolute atomic E-state index is 5.42. The fourth-order valence-corrected chi connectivity index (χ4v) is 3.08. The third-order valence-electron chi connectivity index (χ3n) is 3.34. The van der Waals surface area contributed by atoms with E-state index in [1.165, 1.54) is 17.0 Å². The largest absolute Gasteiger partial charge is 0.381 e. The summed E-state index contributed by atoms with van der Waals surface area (Å²) in [5.74, 6) is 1.24. The van der Waals surface area contributed by atoms with Gasteiger partial charge in [-0.15, -0.1) is 0 Å². The maximum Gasteiger partial charge on any atom is 0.0698 e. The first kappa shape index (κ1) is 13.1. The average molecular weight is 301 g/mol. The molecule has 1 fully saturated rings. The second kappa shape index (κ2) is 6.01. The molecule has 0 amide bonds. The molecular weight excluding hydrogens is 280 g/mol. The number of hydrogen-bond acceptors (Lipinski definition) is 2. The molecule has 0 unspecified atom stereocenters. The normalized spacial score (nSPS) is 17.9. The van der Waals surface area contributed by atoms with Crippen molar-refractivity contribution in [1.29, 1.82) is 0 Å². The van der Waals surface area contributed by atoms with Crippen LogP contribution in [0.3, 0.4) is 0 Å². The van der Waals surface area contributed by atoms with Crippen molar-refractivity contribution in [1.82, 2.24) is 10.2 Å². The summed E-state index contributed by atoms with van der Waals surface area (Å²) in [4.78, 5) is 0. The fourth-order valence-electron chi connectivity index (χ4n) is 2.45. The van der Waals surface area contributed by atoms with Gasteiger partial charge >= 0.3 is 0 Å². The van der Waals surface area contributed by atoms with Gasteiger partial charge in [-0.3, -0.25) is 5.10 Å². The first-order valence-electron chi connectivity index (χ1n) is 6.42. The van der Waals surface area contributed by atoms with E-state index in [-0.39, 0.29) is 0 Å². The molecule has 2 heterocycles. The van der Waals surface area contributed by atoms with E-state index >= 15 is 0 Å². The molecule has 0 radical (unpaired) electrons. The lowest BCUT2D eigenvalue weighted by Crippen LogP contribution is -2.15. The predicted molar refractivity (Wildman–Crippen MR) is 72.6 cm³/mol. The Bertz CT molecular complexity index is 356. The van der Waals surface area contributed by atoms with Crippen LogP contribution in [0.4, 0.5) is 0 Å². The highest BCUT2D eigenvalue weighted by atomic mass is 79.9. The van der Waals surface area contributed by atoms with Crippen LogP contribution in [0.15, 0.2) is 0 Å². The van der Waals surface area contributed by atoms with Gasteiger partial charge in [-0.05, 0) is 25.2 Å². The van der Waals surface area contributed by atoms with E-state index in [4.69, 9.17) is 4.74 Å². The Balaban J connectivity index is 2.18. The van der Waals surface area contributed by atoms with Gasteiger partial charge in [-0.2, -0.15) is 5.10 Å². The molecule has 1 aliphatic rings. The van der Waals surface area contributed by atoms with Crippen LogP contribution in [0.25, 0.3) is 0 Å². The summed E-state index contributed by atoms with van der Waals surface area (Å²) in [6, 6.07) is 0. The Morgan fingerprint density at radius 2 is 2.12 bits per heavy atom. The van der Waals surface area contributed by atoms with Crippen LogP contribution >= 0.6 is 15.9 Å². The summed E-state index contributed by atoms with van der Waals surface area (Å²) in [6.07, 6.45) is 3.29. The maximum atomic E-state index is 5.42. The van der Waals surface area contributed by atoms with Gasteiger partial charge in [0.1, 0.15) is 0 Å². The summed E-state index contributed by atoms with van der Waals surface area (Å²) in [7, 11) is 0. The van der Waals surface area contributed by atoms with Crippen LogP contribution in [-0.4, -0.2) is 23.4 Å². The van der Waals surface area contributed by atoms with Crippen molar-refractivity contribution in [2.45, 2.75) is 44.4 Å². The summed E-state index contributed by atoms with van der Waals surface area (Å²) < 4.78 is 5.42. The van der Waals surface area contributed by atoms with E-state index in [0.29, 0.717) is 11.8 Å². The van der Waals surface area contributed by atoms with Gasteiger partial charge in [0.15, 0.2) is 0 Å². The van der Waals surface area contributed by atoms with Crippen molar-refractivity contribution in [3.63, 3.8) is 0 Å². The number of rotatable bonds is 4. The van der Waals surface area contributed by atoms with Gasteiger partial charge in [-0.25, -0.2) is 0 Å². The monoisotopic (exact) mass is 300 g/mol. The molecule has 0 atom stereocenters. The zero-order valence-electron chi connectivity index (χ0n) is 10.6. The Hall–Kier alpha value is -0.350. The zero-order chi connectivity index (χ0) is 12.3. The molecule has 96 valence electrons. The minimum atomic E-state index is 0.577. The van der Waals surface area contributed by atoms with E-state index in [9.17, 15) is 0 Å². The number of H-pyrrole nitrogens is 1. The van der Waals surface area contributed by atoms with Crippen molar-refractivity contribution in [2.24, 2.45) is 5.92 Å². The van der Waals surface area contributed by atoms with Crippen molar-refractivity contribution in [3.8, 4) is 0 Å². The molecule has 0 bridgehead atoms. The molecule has 1 aromatic heterocycles. The van der Waals surface area contributed by atoms with Gasteiger partial charge in [0.25, 0.3) is 0 Å². The lowest BCUT2D eigenvalue weighted by atomic mass is 9.92. The summed E-state index contributed by atoms with van der Waals surface area (Å²) >= 11 is 3.60. The van der Waals surface area contributed by atoms with E-state index < -0.39 is 0 Å². The lowest BCUT2D eigenvalue weighted by molar-refractivity contribution is 0.0843. The van der Waals surface area contributed by atoms with E-state index in [2.05, 4.69) is 40.0 Å². The second-order valence-corrected chi connectivity index (χ2v) is 5.74. The molecule has 0 aromatic carbocycles. The lowest BCUT2D eigenvalue weighted by Gasteiger charge is -2.21. The molecule has 4 heteroatoms. The second-order valence-electron chi connectivity index (χ2n) is 5.18. The van der Waals surface area contributed by atoms with Crippen molar-refractivity contribution in [2.75, 3.05) is 13.2 Å². The van der Waals surface area contributed by atoms with E-state index in [1.54, 1.807) is 0 Å². The van der Waals surface area contributed by atoms with Gasteiger partial charge in [-0.1, -0.05) is 29.8 Å². The molecule has 1 saturated heterocycles. The molecule has 0 spiro atoms. The fraction of sp³-hybridized carbons (Fsp3) is 0.769. The number of ether oxygens (including phenoxy) is 1. The highest BCUT2D eigenvalue weighted by Gasteiger charge is 2.23.